The molecule has 2 aromatic carbocycles. The van der Waals surface area contributed by atoms with E-state index in [2.05, 4.69) is 0 Å². The molecule has 2 aromatic rings. The Balaban J connectivity index is 2.20. The molecular weight excluding hydrogens is 356 g/mol. The number of benzene rings is 2. The van der Waals surface area contributed by atoms with Gasteiger partial charge in [-0.15, -0.1) is 0 Å². The molecule has 1 unspecified atom stereocenters. The molecule has 0 aliphatic carbocycles. The summed E-state index contributed by atoms with van der Waals surface area (Å²) in [6.07, 6.45) is -0.647. The van der Waals surface area contributed by atoms with Crippen LogP contribution in [0.15, 0.2) is 59.5 Å². The van der Waals surface area contributed by atoms with Crippen molar-refractivity contribution in [1.29, 1.82) is 0 Å². The molecule has 0 radical (unpaired) electrons. The van der Waals surface area contributed by atoms with Crippen molar-refractivity contribution in [2.45, 2.75) is 37.6 Å². The normalized spacial score (nSPS) is 13.3. The summed E-state index contributed by atoms with van der Waals surface area (Å²) in [5.41, 5.74) is 0.680. The van der Waals surface area contributed by atoms with E-state index in [1.54, 1.807) is 30.3 Å². The molecule has 25 heavy (non-hydrogen) atoms. The predicted molar refractivity (Wildman–Crippen MR) is 98.6 cm³/mol. The van der Waals surface area contributed by atoms with Crippen molar-refractivity contribution in [3.8, 4) is 5.75 Å². The molecule has 0 heterocycles. The second-order valence-corrected chi connectivity index (χ2v) is 12.6. The van der Waals surface area contributed by atoms with E-state index in [-0.39, 0.29) is 16.4 Å². The third kappa shape index (κ3) is 5.52. The van der Waals surface area contributed by atoms with Gasteiger partial charge in [-0.3, -0.25) is 4.79 Å². The van der Waals surface area contributed by atoms with Crippen molar-refractivity contribution in [2.24, 2.45) is 0 Å². The first-order chi connectivity index (χ1) is 11.6. The van der Waals surface area contributed by atoms with E-state index in [0.29, 0.717) is 5.56 Å². The van der Waals surface area contributed by atoms with Crippen LogP contribution in [0.4, 0.5) is 0 Å². The molecule has 0 bridgehead atoms. The first-order valence-corrected chi connectivity index (χ1v) is 12.7. The van der Waals surface area contributed by atoms with Gasteiger partial charge >= 0.3 is 10.1 Å². The van der Waals surface area contributed by atoms with Gasteiger partial charge in [-0.2, -0.15) is 8.42 Å². The average molecular weight is 379 g/mol. The lowest BCUT2D eigenvalue weighted by Gasteiger charge is -2.25. The van der Waals surface area contributed by atoms with Gasteiger partial charge in [0.25, 0.3) is 0 Å². The largest absolute Gasteiger partial charge is 0.404 e. The van der Waals surface area contributed by atoms with Crippen molar-refractivity contribution in [3.63, 3.8) is 0 Å². The molecule has 0 aliphatic rings. The van der Waals surface area contributed by atoms with Crippen molar-refractivity contribution >= 4 is 24.2 Å². The highest BCUT2D eigenvalue weighted by Gasteiger charge is 2.26. The van der Waals surface area contributed by atoms with Crippen LogP contribution in [-0.4, -0.2) is 22.5 Å². The molecule has 0 saturated heterocycles. The molecular formula is C18H22O5SSi. The van der Waals surface area contributed by atoms with E-state index in [1.807, 2.05) is 19.6 Å². The zero-order valence-electron chi connectivity index (χ0n) is 14.7. The second kappa shape index (κ2) is 7.51. The second-order valence-electron chi connectivity index (χ2n) is 6.64. The van der Waals surface area contributed by atoms with E-state index in [1.165, 1.54) is 31.2 Å². The van der Waals surface area contributed by atoms with Gasteiger partial charge in [-0.1, -0.05) is 30.3 Å². The van der Waals surface area contributed by atoms with Crippen molar-refractivity contribution < 1.29 is 21.8 Å². The summed E-state index contributed by atoms with van der Waals surface area (Å²) < 4.78 is 35.5. The molecule has 0 fully saturated rings. The molecule has 0 spiro atoms. The fourth-order valence-electron chi connectivity index (χ4n) is 2.20. The minimum absolute atomic E-state index is 0.0859. The van der Waals surface area contributed by atoms with Crippen LogP contribution in [0.3, 0.4) is 0 Å². The van der Waals surface area contributed by atoms with Gasteiger partial charge in [-0.05, 0) is 56.4 Å². The lowest BCUT2D eigenvalue weighted by atomic mass is 10.1. The highest BCUT2D eigenvalue weighted by molar-refractivity contribution is 7.87. The number of hydrogen-bond acceptors (Lipinski definition) is 5. The Morgan fingerprint density at radius 2 is 1.52 bits per heavy atom. The molecule has 0 aromatic heterocycles. The van der Waals surface area contributed by atoms with Crippen LogP contribution in [0, 0.1) is 0 Å². The molecule has 0 N–H and O–H groups in total. The third-order valence-electron chi connectivity index (χ3n) is 3.26. The van der Waals surface area contributed by atoms with Gasteiger partial charge in [-0.25, -0.2) is 0 Å². The van der Waals surface area contributed by atoms with Gasteiger partial charge in [0.15, 0.2) is 14.1 Å². The van der Waals surface area contributed by atoms with E-state index in [0.717, 1.165) is 0 Å². The summed E-state index contributed by atoms with van der Waals surface area (Å²) in [4.78, 5) is 12.0. The monoisotopic (exact) mass is 378 g/mol. The average Bonchev–Trinajstić information content (AvgIpc) is 2.53. The Morgan fingerprint density at radius 3 is 2.00 bits per heavy atom. The highest BCUT2D eigenvalue weighted by Crippen LogP contribution is 2.26. The fourth-order valence-corrected chi connectivity index (χ4v) is 4.16. The Bertz CT molecular complexity index is 824. The van der Waals surface area contributed by atoms with Gasteiger partial charge in [0.2, 0.25) is 0 Å². The molecule has 134 valence electrons. The smallest absolute Gasteiger partial charge is 0.339 e. The van der Waals surface area contributed by atoms with E-state index in [4.69, 9.17) is 8.61 Å². The van der Waals surface area contributed by atoms with Gasteiger partial charge in [0, 0.05) is 0 Å². The fraction of sp³-hybridized carbons (Fsp3) is 0.278. The Kier molecular flexibility index (Phi) is 5.82. The summed E-state index contributed by atoms with van der Waals surface area (Å²) in [5.74, 6) is 0.0934. The van der Waals surface area contributed by atoms with E-state index >= 15 is 0 Å². The zero-order chi connectivity index (χ0) is 18.7. The number of Topliss-reactive ketones (excluding diaryl/α,β-unsaturated/α-hetero) is 1. The lowest BCUT2D eigenvalue weighted by molar-refractivity contribution is -0.124. The quantitative estimate of drug-likeness (QED) is 0.539. The highest BCUT2D eigenvalue weighted by atomic mass is 32.2. The topological polar surface area (TPSA) is 69.7 Å². The predicted octanol–water partition coefficient (Wildman–Crippen LogP) is 3.94. The van der Waals surface area contributed by atoms with Crippen LogP contribution in [-0.2, 0) is 19.3 Å². The van der Waals surface area contributed by atoms with Crippen LogP contribution in [0.25, 0.3) is 0 Å². The van der Waals surface area contributed by atoms with Gasteiger partial charge in [0.1, 0.15) is 16.7 Å². The SMILES string of the molecule is CC(=O)C(O[Si](C)(C)C)c1ccc(OS(=O)(=O)c2ccccc2)cc1. The molecule has 1 atom stereocenters. The minimum Gasteiger partial charge on any atom is -0.404 e. The molecule has 7 heteroatoms. The first-order valence-electron chi connectivity index (χ1n) is 7.86. The van der Waals surface area contributed by atoms with Crippen molar-refractivity contribution in [2.75, 3.05) is 0 Å². The number of rotatable bonds is 7. The summed E-state index contributed by atoms with van der Waals surface area (Å²) in [6, 6.07) is 14.3. The van der Waals surface area contributed by atoms with Crippen molar-refractivity contribution in [1.82, 2.24) is 0 Å². The van der Waals surface area contributed by atoms with Gasteiger partial charge < -0.3 is 8.61 Å². The van der Waals surface area contributed by atoms with Crippen LogP contribution >= 0.6 is 0 Å². The number of carbonyl (C=O) groups excluding carboxylic acids is 1. The summed E-state index contributed by atoms with van der Waals surface area (Å²) in [7, 11) is -5.79. The number of carbonyl (C=O) groups is 1. The van der Waals surface area contributed by atoms with Gasteiger partial charge in [0.05, 0.1) is 0 Å². The maximum Gasteiger partial charge on any atom is 0.339 e. The molecule has 0 aliphatic heterocycles. The van der Waals surface area contributed by atoms with E-state index < -0.39 is 24.5 Å². The molecule has 5 nitrogen and oxygen atoms in total. The third-order valence-corrected chi connectivity index (χ3v) is 5.47. The van der Waals surface area contributed by atoms with Crippen LogP contribution < -0.4 is 4.18 Å². The molecule has 2 rings (SSSR count). The number of hydrogen-bond donors (Lipinski definition) is 0. The summed E-state index contributed by atoms with van der Waals surface area (Å²) in [5, 5.41) is 0. The molecule has 0 amide bonds. The van der Waals surface area contributed by atoms with Crippen LogP contribution in [0.1, 0.15) is 18.6 Å². The number of ketones is 1. The van der Waals surface area contributed by atoms with Crippen LogP contribution in [0.2, 0.25) is 19.6 Å². The Morgan fingerprint density at radius 1 is 0.960 bits per heavy atom. The van der Waals surface area contributed by atoms with Crippen LogP contribution in [0.5, 0.6) is 5.75 Å². The minimum atomic E-state index is -3.88. The van der Waals surface area contributed by atoms with Crippen molar-refractivity contribution in [3.05, 3.63) is 60.2 Å². The Hall–Kier alpha value is -1.96. The zero-order valence-corrected chi connectivity index (χ0v) is 16.5. The first kappa shape index (κ1) is 19.4. The summed E-state index contributed by atoms with van der Waals surface area (Å²) in [6.45, 7) is 7.50. The lowest BCUT2D eigenvalue weighted by Crippen LogP contribution is -2.30. The van der Waals surface area contributed by atoms with E-state index in [9.17, 15) is 13.2 Å². The maximum absolute atomic E-state index is 12.2. The standard InChI is InChI=1S/C18H22O5SSi/c1-14(19)18(23-25(2,3)4)15-10-12-16(13-11-15)22-24(20,21)17-8-6-5-7-9-17/h5-13,18H,1-4H3. The Labute approximate surface area is 149 Å². The maximum atomic E-state index is 12.2. The summed E-state index contributed by atoms with van der Waals surface area (Å²) >= 11 is 0. The molecule has 0 saturated carbocycles.